The number of morpholine rings is 1. The fourth-order valence-corrected chi connectivity index (χ4v) is 4.58. The summed E-state index contributed by atoms with van der Waals surface area (Å²) in [5.41, 5.74) is 6.37. The number of hydrogen-bond acceptors (Lipinski definition) is 6. The molecule has 4 rings (SSSR count). The highest BCUT2D eigenvalue weighted by Crippen LogP contribution is 2.39. The Labute approximate surface area is 195 Å². The minimum atomic E-state index is -0.274. The molecule has 1 unspecified atom stereocenters. The summed E-state index contributed by atoms with van der Waals surface area (Å²) in [6, 6.07) is 10.7. The molecule has 7 heteroatoms. The zero-order chi connectivity index (χ0) is 23.4. The number of rotatable bonds is 9. The Balaban J connectivity index is 1.85. The average Bonchev–Trinajstić information content (AvgIpc) is 3.19. The number of aromatic nitrogens is 2. The molecule has 0 amide bonds. The first-order valence-corrected chi connectivity index (χ1v) is 11.6. The van der Waals surface area contributed by atoms with Crippen LogP contribution in [0.25, 0.3) is 22.2 Å². The van der Waals surface area contributed by atoms with E-state index in [4.69, 9.17) is 14.2 Å². The van der Waals surface area contributed by atoms with E-state index in [9.17, 15) is 5.11 Å². The largest absolute Gasteiger partial charge is 0.378 e. The number of benzene rings is 1. The Morgan fingerprint density at radius 1 is 1.24 bits per heavy atom. The third-order valence-electron chi connectivity index (χ3n) is 6.35. The van der Waals surface area contributed by atoms with Crippen LogP contribution in [-0.4, -0.2) is 61.9 Å². The van der Waals surface area contributed by atoms with Crippen molar-refractivity contribution in [3.05, 3.63) is 47.8 Å². The van der Waals surface area contributed by atoms with E-state index < -0.39 is 0 Å². The second-order valence-electron chi connectivity index (χ2n) is 9.44. The van der Waals surface area contributed by atoms with Crippen molar-refractivity contribution in [1.29, 1.82) is 0 Å². The smallest absolute Gasteiger partial charge is 0.143 e. The van der Waals surface area contributed by atoms with Gasteiger partial charge in [-0.25, -0.2) is 0 Å². The molecule has 3 aromatic rings. The number of aromatic amines is 1. The molecule has 1 saturated heterocycles. The summed E-state index contributed by atoms with van der Waals surface area (Å²) >= 11 is 0. The molecule has 0 saturated carbocycles. The van der Waals surface area contributed by atoms with E-state index in [1.165, 1.54) is 16.6 Å². The van der Waals surface area contributed by atoms with E-state index >= 15 is 0 Å². The van der Waals surface area contributed by atoms with Crippen molar-refractivity contribution in [2.24, 2.45) is 5.41 Å². The van der Waals surface area contributed by atoms with E-state index in [1.54, 1.807) is 7.11 Å². The van der Waals surface area contributed by atoms with Crippen LogP contribution in [0.3, 0.4) is 0 Å². The molecular formula is C26H35N3O4. The summed E-state index contributed by atoms with van der Waals surface area (Å²) in [7, 11) is 1.71. The molecule has 1 aliphatic heterocycles. The predicted octanol–water partition coefficient (Wildman–Crippen LogP) is 4.31. The molecule has 0 spiro atoms. The summed E-state index contributed by atoms with van der Waals surface area (Å²) in [5.74, 6) is 0. The molecule has 1 aliphatic rings. The summed E-state index contributed by atoms with van der Waals surface area (Å²) < 4.78 is 16.6. The highest BCUT2D eigenvalue weighted by atomic mass is 16.6. The van der Waals surface area contributed by atoms with Gasteiger partial charge in [-0.05, 0) is 54.7 Å². The standard InChI is InChI=1S/C26H35N3O4/c1-18(31-4)24-20(6-5-9-27-24)25-22(15-26(2,3)16-33-17-30)21-14-19(7-8-23(21)28-25)29-10-12-32-13-11-29/h5-9,14,18,28,30H,10-13,15-17H2,1-4H3. The fraction of sp³-hybridized carbons (Fsp3) is 0.500. The number of aliphatic hydroxyl groups is 1. The van der Waals surface area contributed by atoms with Gasteiger partial charge in [0.15, 0.2) is 0 Å². The van der Waals surface area contributed by atoms with E-state index in [1.807, 2.05) is 19.2 Å². The molecule has 0 bridgehead atoms. The fourth-order valence-electron chi connectivity index (χ4n) is 4.58. The number of pyridine rings is 1. The van der Waals surface area contributed by atoms with Crippen molar-refractivity contribution in [2.75, 3.05) is 51.7 Å². The zero-order valence-electron chi connectivity index (χ0n) is 20.1. The van der Waals surface area contributed by atoms with Gasteiger partial charge in [0.1, 0.15) is 6.79 Å². The second-order valence-corrected chi connectivity index (χ2v) is 9.44. The summed E-state index contributed by atoms with van der Waals surface area (Å²) in [6.07, 6.45) is 2.46. The molecule has 2 aromatic heterocycles. The van der Waals surface area contributed by atoms with Crippen molar-refractivity contribution in [3.63, 3.8) is 0 Å². The van der Waals surface area contributed by atoms with Gasteiger partial charge in [0.2, 0.25) is 0 Å². The number of anilines is 1. The minimum Gasteiger partial charge on any atom is -0.378 e. The van der Waals surface area contributed by atoms with Crippen LogP contribution in [0.2, 0.25) is 0 Å². The van der Waals surface area contributed by atoms with E-state index in [-0.39, 0.29) is 18.3 Å². The Kier molecular flexibility index (Phi) is 7.34. The van der Waals surface area contributed by atoms with Crippen molar-refractivity contribution >= 4 is 16.6 Å². The zero-order valence-corrected chi connectivity index (χ0v) is 20.1. The van der Waals surface area contributed by atoms with Gasteiger partial charge in [-0.3, -0.25) is 4.98 Å². The third-order valence-corrected chi connectivity index (χ3v) is 6.35. The lowest BCUT2D eigenvalue weighted by Crippen LogP contribution is -2.36. The van der Waals surface area contributed by atoms with Gasteiger partial charge in [-0.15, -0.1) is 0 Å². The number of aliphatic hydroxyl groups excluding tert-OH is 1. The Hall–Kier alpha value is -2.45. The normalized spacial score (nSPS) is 15.8. The van der Waals surface area contributed by atoms with Crippen LogP contribution in [0, 0.1) is 5.41 Å². The number of ether oxygens (including phenoxy) is 3. The SMILES string of the molecule is COC(C)c1ncccc1-c1[nH]c2ccc(N3CCOCC3)cc2c1CC(C)(C)COCO. The average molecular weight is 454 g/mol. The van der Waals surface area contributed by atoms with Crippen LogP contribution in [0.5, 0.6) is 0 Å². The predicted molar refractivity (Wildman–Crippen MR) is 131 cm³/mol. The first-order chi connectivity index (χ1) is 15.9. The molecule has 1 fully saturated rings. The van der Waals surface area contributed by atoms with Gasteiger partial charge in [0.25, 0.3) is 0 Å². The lowest BCUT2D eigenvalue weighted by molar-refractivity contribution is -0.0354. The van der Waals surface area contributed by atoms with Crippen molar-refractivity contribution in [3.8, 4) is 11.3 Å². The van der Waals surface area contributed by atoms with Crippen molar-refractivity contribution in [2.45, 2.75) is 33.3 Å². The van der Waals surface area contributed by atoms with E-state index in [0.717, 1.165) is 55.2 Å². The molecule has 33 heavy (non-hydrogen) atoms. The Morgan fingerprint density at radius 3 is 2.76 bits per heavy atom. The molecule has 178 valence electrons. The monoisotopic (exact) mass is 453 g/mol. The van der Waals surface area contributed by atoms with Crippen LogP contribution >= 0.6 is 0 Å². The number of nitrogens with one attached hydrogen (secondary N) is 1. The highest BCUT2D eigenvalue weighted by Gasteiger charge is 2.26. The van der Waals surface area contributed by atoms with Crippen molar-refractivity contribution < 1.29 is 19.3 Å². The number of nitrogens with zero attached hydrogens (tertiary/aromatic N) is 2. The van der Waals surface area contributed by atoms with Gasteiger partial charge in [-0.1, -0.05) is 13.8 Å². The van der Waals surface area contributed by atoms with Crippen LogP contribution in [0.4, 0.5) is 5.69 Å². The molecule has 2 N–H and O–H groups in total. The molecule has 7 nitrogen and oxygen atoms in total. The lowest BCUT2D eigenvalue weighted by atomic mass is 9.84. The maximum Gasteiger partial charge on any atom is 0.143 e. The first-order valence-electron chi connectivity index (χ1n) is 11.6. The van der Waals surface area contributed by atoms with Crippen LogP contribution < -0.4 is 4.90 Å². The summed E-state index contributed by atoms with van der Waals surface area (Å²) in [6.45, 7) is 9.84. The van der Waals surface area contributed by atoms with E-state index in [0.29, 0.717) is 6.61 Å². The van der Waals surface area contributed by atoms with Crippen molar-refractivity contribution in [1.82, 2.24) is 9.97 Å². The van der Waals surface area contributed by atoms with Crippen LogP contribution in [0.15, 0.2) is 36.5 Å². The number of hydrogen-bond donors (Lipinski definition) is 2. The molecule has 1 atom stereocenters. The second kappa shape index (κ2) is 10.2. The number of H-pyrrole nitrogens is 1. The number of methoxy groups -OCH3 is 1. The highest BCUT2D eigenvalue weighted by molar-refractivity contribution is 5.93. The van der Waals surface area contributed by atoms with E-state index in [2.05, 4.69) is 53.0 Å². The Morgan fingerprint density at radius 2 is 2.03 bits per heavy atom. The van der Waals surface area contributed by atoms with Gasteiger partial charge < -0.3 is 29.2 Å². The van der Waals surface area contributed by atoms with Crippen LogP contribution in [0.1, 0.15) is 38.1 Å². The van der Waals surface area contributed by atoms with Gasteiger partial charge in [0.05, 0.1) is 37.3 Å². The first kappa shape index (κ1) is 23.7. The topological polar surface area (TPSA) is 79.8 Å². The molecule has 0 radical (unpaired) electrons. The Bertz CT molecular complexity index is 1070. The minimum absolute atomic E-state index is 0.130. The maximum atomic E-state index is 9.20. The van der Waals surface area contributed by atoms with Gasteiger partial charge >= 0.3 is 0 Å². The number of fused-ring (bicyclic) bond motifs is 1. The summed E-state index contributed by atoms with van der Waals surface area (Å²) in [5, 5.41) is 10.4. The maximum absolute atomic E-state index is 9.20. The lowest BCUT2D eigenvalue weighted by Gasteiger charge is -2.29. The van der Waals surface area contributed by atoms with Gasteiger partial charge in [0, 0.05) is 48.5 Å². The molecular weight excluding hydrogens is 418 g/mol. The van der Waals surface area contributed by atoms with Gasteiger partial charge in [-0.2, -0.15) is 0 Å². The molecule has 0 aliphatic carbocycles. The third kappa shape index (κ3) is 5.22. The quantitative estimate of drug-likeness (QED) is 0.470. The molecule has 1 aromatic carbocycles. The van der Waals surface area contributed by atoms with Crippen LogP contribution in [-0.2, 0) is 20.6 Å². The molecule has 3 heterocycles. The summed E-state index contributed by atoms with van der Waals surface area (Å²) in [4.78, 5) is 10.7.